The summed E-state index contributed by atoms with van der Waals surface area (Å²) < 4.78 is 8.23. The van der Waals surface area contributed by atoms with Gasteiger partial charge in [0.15, 0.2) is 5.82 Å². The van der Waals surface area contributed by atoms with Crippen LogP contribution in [0.4, 0.5) is 0 Å². The Morgan fingerprint density at radius 3 is 2.80 bits per heavy atom. The largest absolute Gasteiger partial charge is 0.494 e. The van der Waals surface area contributed by atoms with Crippen molar-refractivity contribution in [1.82, 2.24) is 20.2 Å². The Labute approximate surface area is 126 Å². The normalized spacial score (nSPS) is 16.3. The highest BCUT2D eigenvalue weighted by Gasteiger charge is 2.23. The van der Waals surface area contributed by atoms with E-state index >= 15 is 0 Å². The molecule has 0 aliphatic heterocycles. The Morgan fingerprint density at radius 2 is 2.05 bits per heavy atom. The van der Waals surface area contributed by atoms with Crippen LogP contribution in [0.2, 0.25) is 0 Å². The molecule has 0 bridgehead atoms. The number of hydrogen-bond acceptors (Lipinski definition) is 4. The highest BCUT2D eigenvalue weighted by atomic mass is 79.9. The molecule has 0 unspecified atom stereocenters. The maximum atomic E-state index is 5.43. The smallest absolute Gasteiger partial charge is 0.159 e. The number of aromatic nitrogens is 4. The summed E-state index contributed by atoms with van der Waals surface area (Å²) >= 11 is 3.49. The van der Waals surface area contributed by atoms with Crippen LogP contribution in [0.5, 0.6) is 5.75 Å². The van der Waals surface area contributed by atoms with Crippen LogP contribution >= 0.6 is 15.9 Å². The molecular weight excluding hydrogens is 320 g/mol. The van der Waals surface area contributed by atoms with Crippen molar-refractivity contribution in [3.05, 3.63) is 28.5 Å². The molecule has 1 fully saturated rings. The second-order valence-corrected chi connectivity index (χ2v) is 6.02. The standard InChI is InChI=1S/C14H17BrN4O/c1-20-13-8-7-11(15)9-12(13)19-14(16-17-18-19)10-5-3-2-4-6-10/h7-10H,2-6H2,1H3. The zero-order valence-corrected chi connectivity index (χ0v) is 13.0. The third-order valence-electron chi connectivity index (χ3n) is 3.83. The monoisotopic (exact) mass is 336 g/mol. The molecule has 2 aromatic rings. The van der Waals surface area contributed by atoms with Gasteiger partial charge >= 0.3 is 0 Å². The number of methoxy groups -OCH3 is 1. The maximum Gasteiger partial charge on any atom is 0.159 e. The molecule has 1 aliphatic rings. The minimum absolute atomic E-state index is 0.447. The average Bonchev–Trinajstić information content (AvgIpc) is 2.97. The summed E-state index contributed by atoms with van der Waals surface area (Å²) in [4.78, 5) is 0. The van der Waals surface area contributed by atoms with Crippen LogP contribution in [0.3, 0.4) is 0 Å². The van der Waals surface area contributed by atoms with Crippen LogP contribution in [-0.4, -0.2) is 27.3 Å². The molecule has 6 heteroatoms. The number of rotatable bonds is 3. The summed E-state index contributed by atoms with van der Waals surface area (Å²) in [6.45, 7) is 0. The van der Waals surface area contributed by atoms with Gasteiger partial charge in [0.2, 0.25) is 0 Å². The van der Waals surface area contributed by atoms with Crippen molar-refractivity contribution in [3.63, 3.8) is 0 Å². The lowest BCUT2D eigenvalue weighted by Gasteiger charge is -2.21. The van der Waals surface area contributed by atoms with E-state index < -0.39 is 0 Å². The van der Waals surface area contributed by atoms with E-state index in [4.69, 9.17) is 4.74 Å². The lowest BCUT2D eigenvalue weighted by atomic mass is 9.88. The number of nitrogens with zero attached hydrogens (tertiary/aromatic N) is 4. The number of benzene rings is 1. The molecule has 0 radical (unpaired) electrons. The molecule has 1 aromatic heterocycles. The van der Waals surface area contributed by atoms with Gasteiger partial charge in [0.05, 0.1) is 7.11 Å². The number of halogens is 1. The van der Waals surface area contributed by atoms with Gasteiger partial charge in [-0.2, -0.15) is 4.68 Å². The van der Waals surface area contributed by atoms with Crippen LogP contribution in [0.1, 0.15) is 43.8 Å². The van der Waals surface area contributed by atoms with Gasteiger partial charge in [-0.1, -0.05) is 35.2 Å². The zero-order chi connectivity index (χ0) is 13.9. The Morgan fingerprint density at radius 1 is 1.25 bits per heavy atom. The van der Waals surface area contributed by atoms with Crippen LogP contribution < -0.4 is 4.74 Å². The fourth-order valence-electron chi connectivity index (χ4n) is 2.81. The van der Waals surface area contributed by atoms with Crippen LogP contribution in [0.15, 0.2) is 22.7 Å². The Kier molecular flexibility index (Phi) is 4.00. The highest BCUT2D eigenvalue weighted by Crippen LogP contribution is 2.34. The third-order valence-corrected chi connectivity index (χ3v) is 4.33. The van der Waals surface area contributed by atoms with Crippen LogP contribution in [0, 0.1) is 0 Å². The second-order valence-electron chi connectivity index (χ2n) is 5.10. The summed E-state index contributed by atoms with van der Waals surface area (Å²) in [5, 5.41) is 12.3. The SMILES string of the molecule is COc1ccc(Br)cc1-n1nnnc1C1CCCCC1. The molecule has 20 heavy (non-hydrogen) atoms. The number of ether oxygens (including phenoxy) is 1. The maximum absolute atomic E-state index is 5.43. The lowest BCUT2D eigenvalue weighted by Crippen LogP contribution is -2.12. The van der Waals surface area contributed by atoms with E-state index in [0.29, 0.717) is 5.92 Å². The summed E-state index contributed by atoms with van der Waals surface area (Å²) in [5.74, 6) is 2.17. The first kappa shape index (κ1) is 13.5. The molecule has 0 amide bonds. The van der Waals surface area contributed by atoms with E-state index in [1.165, 1.54) is 19.3 Å². The van der Waals surface area contributed by atoms with Gasteiger partial charge < -0.3 is 4.74 Å². The predicted molar refractivity (Wildman–Crippen MR) is 79.2 cm³/mol. The van der Waals surface area contributed by atoms with E-state index in [-0.39, 0.29) is 0 Å². The van der Waals surface area contributed by atoms with Gasteiger partial charge in [0, 0.05) is 10.4 Å². The molecule has 0 spiro atoms. The van der Waals surface area contributed by atoms with E-state index in [2.05, 4.69) is 31.5 Å². The first-order valence-corrected chi connectivity index (χ1v) is 7.71. The van der Waals surface area contributed by atoms with Gasteiger partial charge in [-0.15, -0.1) is 5.10 Å². The van der Waals surface area contributed by atoms with Crippen LogP contribution in [0.25, 0.3) is 5.69 Å². The topological polar surface area (TPSA) is 52.8 Å². The molecular formula is C14H17BrN4O. The van der Waals surface area contributed by atoms with Gasteiger partial charge in [-0.05, 0) is 41.5 Å². The van der Waals surface area contributed by atoms with Crippen molar-refractivity contribution in [2.24, 2.45) is 0 Å². The fraction of sp³-hybridized carbons (Fsp3) is 0.500. The molecule has 0 atom stereocenters. The van der Waals surface area contributed by atoms with E-state index in [1.54, 1.807) is 7.11 Å². The Balaban J connectivity index is 2.02. The van der Waals surface area contributed by atoms with Crippen LogP contribution in [-0.2, 0) is 0 Å². The Hall–Kier alpha value is -1.43. The first-order chi connectivity index (χ1) is 9.79. The molecule has 1 saturated carbocycles. The average molecular weight is 337 g/mol. The predicted octanol–water partition coefficient (Wildman–Crippen LogP) is 3.48. The molecule has 1 aliphatic carbocycles. The van der Waals surface area contributed by atoms with Gasteiger partial charge in [-0.3, -0.25) is 0 Å². The van der Waals surface area contributed by atoms with Crippen molar-refractivity contribution < 1.29 is 4.74 Å². The summed E-state index contributed by atoms with van der Waals surface area (Å²) in [6, 6.07) is 5.86. The van der Waals surface area contributed by atoms with Crippen molar-refractivity contribution in [2.75, 3.05) is 7.11 Å². The van der Waals surface area contributed by atoms with E-state index in [1.807, 2.05) is 22.9 Å². The molecule has 0 saturated heterocycles. The van der Waals surface area contributed by atoms with Crippen molar-refractivity contribution in [1.29, 1.82) is 0 Å². The minimum atomic E-state index is 0.447. The molecule has 0 N–H and O–H groups in total. The van der Waals surface area contributed by atoms with Gasteiger partial charge in [-0.25, -0.2) is 0 Å². The third kappa shape index (κ3) is 2.57. The van der Waals surface area contributed by atoms with E-state index in [9.17, 15) is 0 Å². The summed E-state index contributed by atoms with van der Waals surface area (Å²) in [7, 11) is 1.66. The molecule has 5 nitrogen and oxygen atoms in total. The Bertz CT molecular complexity index is 593. The van der Waals surface area contributed by atoms with Crippen molar-refractivity contribution >= 4 is 15.9 Å². The lowest BCUT2D eigenvalue weighted by molar-refractivity contribution is 0.404. The van der Waals surface area contributed by atoms with Gasteiger partial charge in [0.1, 0.15) is 11.4 Å². The summed E-state index contributed by atoms with van der Waals surface area (Å²) in [5.41, 5.74) is 0.882. The van der Waals surface area contributed by atoms with Gasteiger partial charge in [0.25, 0.3) is 0 Å². The first-order valence-electron chi connectivity index (χ1n) is 6.92. The molecule has 106 valence electrons. The summed E-state index contributed by atoms with van der Waals surface area (Å²) in [6.07, 6.45) is 6.16. The molecule has 1 aromatic carbocycles. The number of tetrazole rings is 1. The highest BCUT2D eigenvalue weighted by molar-refractivity contribution is 9.10. The fourth-order valence-corrected chi connectivity index (χ4v) is 3.16. The molecule has 3 rings (SSSR count). The zero-order valence-electron chi connectivity index (χ0n) is 11.4. The van der Waals surface area contributed by atoms with E-state index in [0.717, 1.165) is 34.6 Å². The second kappa shape index (κ2) is 5.91. The quantitative estimate of drug-likeness (QED) is 0.860. The van der Waals surface area contributed by atoms with Crippen molar-refractivity contribution in [3.8, 4) is 11.4 Å². The molecule has 1 heterocycles. The number of hydrogen-bond donors (Lipinski definition) is 0. The minimum Gasteiger partial charge on any atom is -0.494 e. The van der Waals surface area contributed by atoms with Crippen molar-refractivity contribution in [2.45, 2.75) is 38.0 Å².